The zero-order chi connectivity index (χ0) is 36.1. The van der Waals surface area contributed by atoms with Crippen molar-refractivity contribution in [1.82, 2.24) is 0 Å². The number of hydrogen-bond donors (Lipinski definition) is 0. The van der Waals surface area contributed by atoms with E-state index < -0.39 is 10.8 Å². The summed E-state index contributed by atoms with van der Waals surface area (Å²) in [4.78, 5) is 0. The van der Waals surface area contributed by atoms with Crippen LogP contribution in [-0.4, -0.2) is 0 Å². The smallest absolute Gasteiger partial charge is 0.132 e. The largest absolute Gasteiger partial charge is 0.457 e. The Morgan fingerprint density at radius 3 is 1.47 bits per heavy atom. The van der Waals surface area contributed by atoms with Crippen molar-refractivity contribution in [3.8, 4) is 44.9 Å². The summed E-state index contributed by atoms with van der Waals surface area (Å²) in [7, 11) is 0. The second kappa shape index (κ2) is 11.3. The predicted molar refractivity (Wildman–Crippen MR) is 224 cm³/mol. The Kier molecular flexibility index (Phi) is 6.25. The molecule has 1 nitrogen and oxygen atoms in total. The molecule has 1 aliphatic heterocycles. The van der Waals surface area contributed by atoms with E-state index in [0.29, 0.717) is 0 Å². The molecule has 0 atom stereocenters. The van der Waals surface area contributed by atoms with Crippen LogP contribution < -0.4 is 4.74 Å². The van der Waals surface area contributed by atoms with Crippen molar-refractivity contribution in [3.05, 3.63) is 251 Å². The molecule has 256 valence electrons. The van der Waals surface area contributed by atoms with Crippen molar-refractivity contribution in [2.45, 2.75) is 10.8 Å². The fourth-order valence-corrected chi connectivity index (χ4v) is 10.5. The van der Waals surface area contributed by atoms with Crippen LogP contribution in [0.5, 0.6) is 11.5 Å². The monoisotopic (exact) mass is 698 g/mol. The van der Waals surface area contributed by atoms with E-state index in [4.69, 9.17) is 4.74 Å². The van der Waals surface area contributed by atoms with Crippen LogP contribution in [-0.2, 0) is 10.8 Å². The molecule has 9 aromatic carbocycles. The Balaban J connectivity index is 1.13. The lowest BCUT2D eigenvalue weighted by atomic mass is 9.64. The van der Waals surface area contributed by atoms with E-state index in [9.17, 15) is 0 Å². The minimum Gasteiger partial charge on any atom is -0.457 e. The highest BCUT2D eigenvalue weighted by molar-refractivity contribution is 5.98. The van der Waals surface area contributed by atoms with E-state index in [0.717, 1.165) is 17.1 Å². The van der Waals surface area contributed by atoms with Crippen molar-refractivity contribution in [3.63, 3.8) is 0 Å². The summed E-state index contributed by atoms with van der Waals surface area (Å²) < 4.78 is 6.95. The summed E-state index contributed by atoms with van der Waals surface area (Å²) in [6.45, 7) is 0. The molecule has 0 saturated carbocycles. The lowest BCUT2D eigenvalue weighted by molar-refractivity contribution is 0.438. The number of hydrogen-bond acceptors (Lipinski definition) is 1. The van der Waals surface area contributed by atoms with Crippen LogP contribution in [0.1, 0.15) is 44.5 Å². The zero-order valence-electron chi connectivity index (χ0n) is 30.0. The standard InChI is InChI=1S/C54H34O/c1-2-17-38(18-3-1)53(45-25-10-6-21-41(45)42-22-7-11-26-46(42)53)39-19-14-16-36(33-39)37-30-31-50-49(34-37)54(52-40-20-5-4-15-35(40)29-32-51(52)55-50)47-27-12-8-23-43(47)44-24-9-13-28-48(44)54/h1-34H. The van der Waals surface area contributed by atoms with Gasteiger partial charge in [-0.2, -0.15) is 0 Å². The Morgan fingerprint density at radius 2 is 0.818 bits per heavy atom. The van der Waals surface area contributed by atoms with Crippen molar-refractivity contribution in [2.75, 3.05) is 0 Å². The molecular weight excluding hydrogens is 665 g/mol. The number of fused-ring (bicyclic) bond motifs is 14. The fraction of sp³-hybridized carbons (Fsp3) is 0.0370. The molecule has 0 aromatic heterocycles. The first kappa shape index (κ1) is 30.5. The molecule has 0 saturated heterocycles. The van der Waals surface area contributed by atoms with Crippen molar-refractivity contribution in [2.24, 2.45) is 0 Å². The van der Waals surface area contributed by atoms with Gasteiger partial charge in [-0.05, 0) is 102 Å². The first-order chi connectivity index (χ1) is 27.3. The molecule has 55 heavy (non-hydrogen) atoms. The summed E-state index contributed by atoms with van der Waals surface area (Å²) >= 11 is 0. The molecule has 1 spiro atoms. The topological polar surface area (TPSA) is 9.23 Å². The van der Waals surface area contributed by atoms with Gasteiger partial charge in [0.05, 0.1) is 10.8 Å². The third-order valence-corrected chi connectivity index (χ3v) is 12.6. The second-order valence-electron chi connectivity index (χ2n) is 15.1. The van der Waals surface area contributed by atoms with Gasteiger partial charge in [-0.15, -0.1) is 0 Å². The lowest BCUT2D eigenvalue weighted by Crippen LogP contribution is -2.32. The number of benzene rings is 9. The van der Waals surface area contributed by atoms with Gasteiger partial charge in [-0.25, -0.2) is 0 Å². The summed E-state index contributed by atoms with van der Waals surface area (Å²) in [6, 6.07) is 76.2. The molecule has 12 rings (SSSR count). The van der Waals surface area contributed by atoms with Crippen LogP contribution in [0, 0.1) is 0 Å². The Hall–Kier alpha value is -6.96. The van der Waals surface area contributed by atoms with Crippen LogP contribution in [0.2, 0.25) is 0 Å². The molecule has 1 heteroatoms. The molecule has 9 aromatic rings. The maximum atomic E-state index is 6.95. The highest BCUT2D eigenvalue weighted by Gasteiger charge is 2.52. The second-order valence-corrected chi connectivity index (χ2v) is 15.1. The summed E-state index contributed by atoms with van der Waals surface area (Å²) in [5.74, 6) is 1.81. The SMILES string of the molecule is c1ccc(C2(c3cccc(-c4ccc5c(c4)C4(c6ccccc6-c6ccccc64)c4c(ccc6ccccc46)O5)c3)c3ccccc3-c3ccccc32)cc1. The molecule has 3 aliphatic rings. The minimum atomic E-state index is -0.570. The van der Waals surface area contributed by atoms with Crippen LogP contribution in [0.3, 0.4) is 0 Å². The van der Waals surface area contributed by atoms with E-state index in [1.165, 1.54) is 83.1 Å². The van der Waals surface area contributed by atoms with Gasteiger partial charge < -0.3 is 4.74 Å². The normalized spacial score (nSPS) is 14.6. The molecule has 2 aliphatic carbocycles. The number of ether oxygens (including phenoxy) is 1. The quantitative estimate of drug-likeness (QED) is 0.178. The summed E-state index contributed by atoms with van der Waals surface area (Å²) in [5.41, 5.74) is 16.6. The van der Waals surface area contributed by atoms with E-state index in [2.05, 4.69) is 206 Å². The Bertz CT molecular complexity index is 2930. The summed E-state index contributed by atoms with van der Waals surface area (Å²) in [6.07, 6.45) is 0. The predicted octanol–water partition coefficient (Wildman–Crippen LogP) is 13.3. The molecule has 0 bridgehead atoms. The maximum absolute atomic E-state index is 6.95. The Labute approximate surface area is 320 Å². The summed E-state index contributed by atoms with van der Waals surface area (Å²) in [5, 5.41) is 2.43. The van der Waals surface area contributed by atoms with Gasteiger partial charge in [-0.3, -0.25) is 0 Å². The zero-order valence-corrected chi connectivity index (χ0v) is 30.0. The highest BCUT2D eigenvalue weighted by Crippen LogP contribution is 2.64. The van der Waals surface area contributed by atoms with E-state index in [1.807, 2.05) is 0 Å². The molecule has 0 radical (unpaired) electrons. The average Bonchev–Trinajstić information content (AvgIpc) is 3.73. The van der Waals surface area contributed by atoms with Gasteiger partial charge in [-0.1, -0.05) is 182 Å². The van der Waals surface area contributed by atoms with Gasteiger partial charge in [0, 0.05) is 11.1 Å². The molecule has 0 amide bonds. The first-order valence-corrected chi connectivity index (χ1v) is 19.2. The van der Waals surface area contributed by atoms with Crippen LogP contribution in [0.25, 0.3) is 44.2 Å². The third kappa shape index (κ3) is 3.92. The van der Waals surface area contributed by atoms with Crippen molar-refractivity contribution in [1.29, 1.82) is 0 Å². The highest BCUT2D eigenvalue weighted by atomic mass is 16.5. The van der Waals surface area contributed by atoms with E-state index in [1.54, 1.807) is 0 Å². The van der Waals surface area contributed by atoms with Crippen molar-refractivity contribution < 1.29 is 4.74 Å². The van der Waals surface area contributed by atoms with Gasteiger partial charge >= 0.3 is 0 Å². The van der Waals surface area contributed by atoms with Gasteiger partial charge in [0.25, 0.3) is 0 Å². The molecular formula is C54H34O. The molecule has 1 heterocycles. The van der Waals surface area contributed by atoms with Crippen LogP contribution in [0.15, 0.2) is 206 Å². The fourth-order valence-electron chi connectivity index (χ4n) is 10.5. The van der Waals surface area contributed by atoms with Crippen LogP contribution in [0.4, 0.5) is 0 Å². The van der Waals surface area contributed by atoms with Gasteiger partial charge in [0.15, 0.2) is 0 Å². The van der Waals surface area contributed by atoms with Gasteiger partial charge in [0.2, 0.25) is 0 Å². The molecule has 0 unspecified atom stereocenters. The van der Waals surface area contributed by atoms with Crippen molar-refractivity contribution >= 4 is 10.8 Å². The molecule has 0 N–H and O–H groups in total. The average molecular weight is 699 g/mol. The van der Waals surface area contributed by atoms with E-state index >= 15 is 0 Å². The minimum absolute atomic E-state index is 0.468. The third-order valence-electron chi connectivity index (χ3n) is 12.6. The molecule has 0 fully saturated rings. The maximum Gasteiger partial charge on any atom is 0.132 e. The van der Waals surface area contributed by atoms with E-state index in [-0.39, 0.29) is 0 Å². The van der Waals surface area contributed by atoms with Gasteiger partial charge in [0.1, 0.15) is 11.5 Å². The van der Waals surface area contributed by atoms with Crippen LogP contribution >= 0.6 is 0 Å². The Morgan fingerprint density at radius 1 is 0.309 bits per heavy atom. The lowest BCUT2D eigenvalue weighted by Gasteiger charge is -2.40. The number of rotatable bonds is 3. The first-order valence-electron chi connectivity index (χ1n) is 19.2.